The Balaban J connectivity index is 1.31. The summed E-state index contributed by atoms with van der Waals surface area (Å²) in [6.45, 7) is 1.25. The van der Waals surface area contributed by atoms with E-state index in [-0.39, 0.29) is 11.8 Å². The molecule has 2 heterocycles. The number of thiophene rings is 1. The quantitative estimate of drug-likeness (QED) is 0.778. The Hall–Kier alpha value is -2.14. The summed E-state index contributed by atoms with van der Waals surface area (Å²) in [5.74, 6) is 1.84. The van der Waals surface area contributed by atoms with E-state index in [9.17, 15) is 9.59 Å². The number of benzene rings is 1. The topological polar surface area (TPSA) is 49.4 Å². The van der Waals surface area contributed by atoms with Gasteiger partial charge in [-0.15, -0.1) is 11.3 Å². The molecular formula is C25H30N2O2S. The van der Waals surface area contributed by atoms with Gasteiger partial charge in [-0.3, -0.25) is 9.59 Å². The molecule has 5 rings (SSSR count). The average molecular weight is 423 g/mol. The lowest BCUT2D eigenvalue weighted by Gasteiger charge is -2.28. The lowest BCUT2D eigenvalue weighted by atomic mass is 9.79. The van der Waals surface area contributed by atoms with Crippen LogP contribution in [-0.2, 0) is 16.0 Å². The molecule has 5 heteroatoms. The molecule has 3 fully saturated rings. The van der Waals surface area contributed by atoms with Crippen LogP contribution in [0.25, 0.3) is 10.4 Å². The molecule has 1 aromatic carbocycles. The zero-order valence-corrected chi connectivity index (χ0v) is 18.4. The molecule has 2 aliphatic carbocycles. The van der Waals surface area contributed by atoms with Crippen LogP contribution < -0.4 is 5.32 Å². The summed E-state index contributed by atoms with van der Waals surface area (Å²) in [6, 6.07) is 12.8. The number of likely N-dealkylation sites (tertiary alicyclic amines) is 1. The number of fused-ring (bicyclic) bond motifs is 1. The van der Waals surface area contributed by atoms with E-state index < -0.39 is 5.41 Å². The van der Waals surface area contributed by atoms with Crippen molar-refractivity contribution in [3.8, 4) is 10.4 Å². The second kappa shape index (κ2) is 7.84. The number of amides is 2. The van der Waals surface area contributed by atoms with Crippen molar-refractivity contribution in [2.45, 2.75) is 38.5 Å². The number of nitrogens with one attached hydrogen (secondary N) is 1. The van der Waals surface area contributed by atoms with Crippen molar-refractivity contribution in [3.05, 3.63) is 47.3 Å². The first-order chi connectivity index (χ1) is 14.6. The average Bonchev–Trinajstić information content (AvgIpc) is 3.11. The van der Waals surface area contributed by atoms with Crippen LogP contribution in [0.4, 0.5) is 0 Å². The second-order valence-electron chi connectivity index (χ2n) is 9.36. The molecule has 0 radical (unpaired) electrons. The van der Waals surface area contributed by atoms with E-state index in [1.807, 2.05) is 4.90 Å². The van der Waals surface area contributed by atoms with Crippen molar-refractivity contribution in [1.29, 1.82) is 0 Å². The van der Waals surface area contributed by atoms with Crippen molar-refractivity contribution in [2.75, 3.05) is 20.1 Å². The fraction of sp³-hybridized carbons (Fsp3) is 0.520. The van der Waals surface area contributed by atoms with E-state index in [4.69, 9.17) is 0 Å². The molecule has 1 saturated heterocycles. The molecule has 0 spiro atoms. The van der Waals surface area contributed by atoms with Gasteiger partial charge in [0.25, 0.3) is 0 Å². The lowest BCUT2D eigenvalue weighted by Crippen LogP contribution is -2.44. The molecule has 0 bridgehead atoms. The van der Waals surface area contributed by atoms with Crippen LogP contribution in [0.2, 0.25) is 0 Å². The summed E-state index contributed by atoms with van der Waals surface area (Å²) in [4.78, 5) is 29.4. The predicted octanol–water partition coefficient (Wildman–Crippen LogP) is 4.36. The molecule has 2 saturated carbocycles. The van der Waals surface area contributed by atoms with Crippen LogP contribution in [0.15, 0.2) is 41.8 Å². The number of carbonyl (C=O) groups excluding carboxylic acids is 2. The molecule has 2 amide bonds. The highest BCUT2D eigenvalue weighted by atomic mass is 32.1. The monoisotopic (exact) mass is 422 g/mol. The van der Waals surface area contributed by atoms with E-state index in [0.29, 0.717) is 37.3 Å². The Kier molecular flexibility index (Phi) is 5.18. The summed E-state index contributed by atoms with van der Waals surface area (Å²) >= 11 is 1.73. The zero-order chi connectivity index (χ0) is 20.7. The van der Waals surface area contributed by atoms with Gasteiger partial charge in [-0.1, -0.05) is 43.2 Å². The molecule has 2 aromatic rings. The minimum absolute atomic E-state index is 0.0633. The minimum Gasteiger partial charge on any atom is -0.359 e. The van der Waals surface area contributed by atoms with Gasteiger partial charge in [0.1, 0.15) is 0 Å². The first-order valence-electron chi connectivity index (χ1n) is 11.3. The van der Waals surface area contributed by atoms with E-state index in [0.717, 1.165) is 12.0 Å². The van der Waals surface area contributed by atoms with E-state index in [1.165, 1.54) is 36.1 Å². The van der Waals surface area contributed by atoms with Gasteiger partial charge >= 0.3 is 0 Å². The Bertz CT molecular complexity index is 911. The summed E-state index contributed by atoms with van der Waals surface area (Å²) < 4.78 is 0. The third-order valence-corrected chi connectivity index (χ3v) is 8.54. The number of carbonyl (C=O) groups is 2. The summed E-state index contributed by atoms with van der Waals surface area (Å²) in [5, 5.41) is 4.97. The highest BCUT2D eigenvalue weighted by Crippen LogP contribution is 2.56. The Morgan fingerprint density at radius 3 is 2.50 bits per heavy atom. The van der Waals surface area contributed by atoms with Crippen molar-refractivity contribution < 1.29 is 9.59 Å². The number of rotatable bonds is 5. The number of nitrogens with zero attached hydrogens (tertiary/aromatic N) is 1. The number of hydrogen-bond donors (Lipinski definition) is 1. The first-order valence-corrected chi connectivity index (χ1v) is 12.1. The van der Waals surface area contributed by atoms with Gasteiger partial charge in [-0.2, -0.15) is 0 Å². The third-order valence-electron chi connectivity index (χ3n) is 7.62. The molecule has 1 aromatic heterocycles. The fourth-order valence-corrected chi connectivity index (χ4v) is 6.66. The van der Waals surface area contributed by atoms with Gasteiger partial charge in [0.15, 0.2) is 0 Å². The highest BCUT2D eigenvalue weighted by Gasteiger charge is 2.57. The molecule has 1 aliphatic heterocycles. The molecule has 4 nitrogen and oxygen atoms in total. The van der Waals surface area contributed by atoms with Crippen LogP contribution in [0, 0.1) is 23.2 Å². The zero-order valence-electron chi connectivity index (χ0n) is 17.6. The third kappa shape index (κ3) is 3.47. The van der Waals surface area contributed by atoms with Gasteiger partial charge in [0.2, 0.25) is 11.8 Å². The van der Waals surface area contributed by atoms with E-state index in [2.05, 4.69) is 47.1 Å². The van der Waals surface area contributed by atoms with Gasteiger partial charge < -0.3 is 10.2 Å². The largest absolute Gasteiger partial charge is 0.359 e. The van der Waals surface area contributed by atoms with Gasteiger partial charge in [0, 0.05) is 30.9 Å². The van der Waals surface area contributed by atoms with Crippen molar-refractivity contribution in [1.82, 2.24) is 10.2 Å². The minimum atomic E-state index is -0.519. The Labute approximate surface area is 182 Å². The Morgan fingerprint density at radius 2 is 1.87 bits per heavy atom. The molecule has 4 atom stereocenters. The molecule has 30 heavy (non-hydrogen) atoms. The molecule has 158 valence electrons. The SMILES string of the molecule is CNC(=O)[C@@]1(Cc2ccc(-c3cccs3)cc2)CCN(C(=O)C2[C@H]3CCCC[C@@H]23)C1. The summed E-state index contributed by atoms with van der Waals surface area (Å²) in [6.07, 6.45) is 6.40. The maximum atomic E-state index is 13.2. The summed E-state index contributed by atoms with van der Waals surface area (Å²) in [5.41, 5.74) is 1.85. The standard InChI is InChI=1S/C25H30N2O2S/c1-26-24(29)25(15-17-8-10-18(11-9-17)21-7-4-14-30-21)12-13-27(16-25)23(28)22-19-5-2-3-6-20(19)22/h4,7-11,14,19-20,22H,2-3,5-6,12-13,15-16H2,1H3,(H,26,29)/t19-,20+,22?,25-/m1/s1. The normalized spacial score (nSPS) is 30.0. The second-order valence-corrected chi connectivity index (χ2v) is 10.3. The van der Waals surface area contributed by atoms with Crippen LogP contribution in [-0.4, -0.2) is 36.9 Å². The van der Waals surface area contributed by atoms with Crippen LogP contribution in [0.1, 0.15) is 37.7 Å². The smallest absolute Gasteiger partial charge is 0.228 e. The maximum Gasteiger partial charge on any atom is 0.228 e. The molecular weight excluding hydrogens is 392 g/mol. The van der Waals surface area contributed by atoms with Gasteiger partial charge in [-0.25, -0.2) is 0 Å². The lowest BCUT2D eigenvalue weighted by molar-refractivity contribution is -0.134. The first kappa shape index (κ1) is 19.8. The van der Waals surface area contributed by atoms with Crippen molar-refractivity contribution in [2.24, 2.45) is 23.2 Å². The molecule has 3 aliphatic rings. The molecule has 1 N–H and O–H groups in total. The van der Waals surface area contributed by atoms with Crippen LogP contribution >= 0.6 is 11.3 Å². The highest BCUT2D eigenvalue weighted by molar-refractivity contribution is 7.13. The fourth-order valence-electron chi connectivity index (χ4n) is 5.93. The van der Waals surface area contributed by atoms with Gasteiger partial charge in [-0.05, 0) is 60.1 Å². The van der Waals surface area contributed by atoms with Crippen LogP contribution in [0.3, 0.4) is 0 Å². The van der Waals surface area contributed by atoms with E-state index in [1.54, 1.807) is 18.4 Å². The van der Waals surface area contributed by atoms with Gasteiger partial charge in [0.05, 0.1) is 5.41 Å². The predicted molar refractivity (Wildman–Crippen MR) is 120 cm³/mol. The number of hydrogen-bond acceptors (Lipinski definition) is 3. The Morgan fingerprint density at radius 1 is 1.13 bits per heavy atom. The molecule has 1 unspecified atom stereocenters. The maximum absolute atomic E-state index is 13.2. The van der Waals surface area contributed by atoms with Crippen molar-refractivity contribution >= 4 is 23.2 Å². The van der Waals surface area contributed by atoms with E-state index >= 15 is 0 Å². The summed E-state index contributed by atoms with van der Waals surface area (Å²) in [7, 11) is 1.71. The van der Waals surface area contributed by atoms with Crippen molar-refractivity contribution in [3.63, 3.8) is 0 Å². The van der Waals surface area contributed by atoms with Crippen LogP contribution in [0.5, 0.6) is 0 Å².